The highest BCUT2D eigenvalue weighted by molar-refractivity contribution is 9.13. The van der Waals surface area contributed by atoms with Crippen LogP contribution in [-0.2, 0) is 0 Å². The normalized spacial score (nSPS) is 10.5. The van der Waals surface area contributed by atoms with Crippen LogP contribution in [0, 0.1) is 6.92 Å². The molecule has 0 bridgehead atoms. The van der Waals surface area contributed by atoms with Gasteiger partial charge in [0.05, 0.1) is 14.4 Å². The van der Waals surface area contributed by atoms with Crippen molar-refractivity contribution in [3.8, 4) is 0 Å². The summed E-state index contributed by atoms with van der Waals surface area (Å²) >= 11 is 7.86. The van der Waals surface area contributed by atoms with Gasteiger partial charge < -0.3 is 15.4 Å². The van der Waals surface area contributed by atoms with Gasteiger partial charge in [0, 0.05) is 10.2 Å². The van der Waals surface area contributed by atoms with Crippen molar-refractivity contribution < 1.29 is 14.7 Å². The number of carbonyl (C=O) groups is 2. The molecule has 2 rings (SSSR count). The number of anilines is 1. The van der Waals surface area contributed by atoms with E-state index in [4.69, 9.17) is 5.11 Å². The molecule has 0 aliphatic heterocycles. The number of hydrogen-bond acceptors (Lipinski definition) is 3. The molecule has 2 aromatic rings. The Hall–Kier alpha value is -1.12. The Morgan fingerprint density at radius 2 is 2.05 bits per heavy atom. The van der Waals surface area contributed by atoms with Crippen LogP contribution in [0.3, 0.4) is 0 Å². The lowest BCUT2D eigenvalue weighted by Gasteiger charge is -2.01. The van der Waals surface area contributed by atoms with Crippen LogP contribution < -0.4 is 5.32 Å². The monoisotopic (exact) mass is 406 g/mol. The maximum Gasteiger partial charge on any atom is 0.354 e. The first-order valence-corrected chi connectivity index (χ1v) is 7.48. The number of thiophene rings is 1. The lowest BCUT2D eigenvalue weighted by Crippen LogP contribution is -2.12. The molecule has 0 aliphatic rings. The summed E-state index contributed by atoms with van der Waals surface area (Å²) in [6.45, 7) is 1.72. The summed E-state index contributed by atoms with van der Waals surface area (Å²) in [5, 5.41) is 11.6. The molecule has 19 heavy (non-hydrogen) atoms. The molecule has 2 heterocycles. The zero-order chi connectivity index (χ0) is 14.2. The third-order valence-corrected chi connectivity index (χ3v) is 5.54. The van der Waals surface area contributed by atoms with Gasteiger partial charge in [-0.25, -0.2) is 4.79 Å². The minimum atomic E-state index is -1.11. The van der Waals surface area contributed by atoms with Crippen molar-refractivity contribution in [2.24, 2.45) is 0 Å². The molecule has 0 spiro atoms. The number of aromatic carboxylic acids is 1. The van der Waals surface area contributed by atoms with Gasteiger partial charge in [0.2, 0.25) is 0 Å². The summed E-state index contributed by atoms with van der Waals surface area (Å²) in [6.07, 6.45) is 0. The molecule has 0 atom stereocenters. The second kappa shape index (κ2) is 5.48. The van der Waals surface area contributed by atoms with Crippen LogP contribution in [0.1, 0.15) is 25.9 Å². The van der Waals surface area contributed by atoms with E-state index in [1.54, 1.807) is 19.1 Å². The maximum atomic E-state index is 12.0. The third-order valence-electron chi connectivity index (χ3n) is 2.28. The molecule has 0 unspecified atom stereocenters. The molecule has 8 heteroatoms. The number of carboxylic acid groups (broad SMARTS) is 1. The first-order valence-electron chi connectivity index (χ1n) is 5.07. The largest absolute Gasteiger partial charge is 0.477 e. The van der Waals surface area contributed by atoms with Crippen LogP contribution >= 0.6 is 43.2 Å². The fourth-order valence-corrected chi connectivity index (χ4v) is 3.43. The van der Waals surface area contributed by atoms with Crippen LogP contribution in [0.2, 0.25) is 0 Å². The predicted octanol–water partition coefficient (Wildman–Crippen LogP) is 3.86. The first kappa shape index (κ1) is 14.3. The summed E-state index contributed by atoms with van der Waals surface area (Å²) in [6, 6.07) is 3.25. The summed E-state index contributed by atoms with van der Waals surface area (Å²) < 4.78 is 1.59. The summed E-state index contributed by atoms with van der Waals surface area (Å²) in [5.41, 5.74) is 0.900. The highest BCUT2D eigenvalue weighted by Crippen LogP contribution is 2.32. The standard InChI is InChI=1S/C11H8Br2N2O3S/c1-4-2-6(8(14-4)11(17)18)15-10(16)7-3-5(12)9(13)19-7/h2-3,14H,1H3,(H,15,16)(H,17,18). The minimum absolute atomic E-state index is 0.0273. The second-order valence-corrected chi connectivity index (χ2v) is 6.96. The van der Waals surface area contributed by atoms with E-state index < -0.39 is 5.97 Å². The molecular weight excluding hydrogens is 400 g/mol. The molecule has 0 saturated carbocycles. The van der Waals surface area contributed by atoms with Gasteiger partial charge >= 0.3 is 5.97 Å². The lowest BCUT2D eigenvalue weighted by molar-refractivity contribution is 0.0692. The Labute approximate surface area is 129 Å². The van der Waals surface area contributed by atoms with E-state index in [-0.39, 0.29) is 17.3 Å². The molecule has 0 radical (unpaired) electrons. The number of carbonyl (C=O) groups excluding carboxylic acids is 1. The van der Waals surface area contributed by atoms with Gasteiger partial charge in [-0.15, -0.1) is 11.3 Å². The van der Waals surface area contributed by atoms with Crippen molar-refractivity contribution in [3.63, 3.8) is 0 Å². The van der Waals surface area contributed by atoms with Crippen LogP contribution in [-0.4, -0.2) is 22.0 Å². The van der Waals surface area contributed by atoms with E-state index in [1.165, 1.54) is 11.3 Å². The smallest absolute Gasteiger partial charge is 0.354 e. The van der Waals surface area contributed by atoms with Crippen LogP contribution in [0.25, 0.3) is 0 Å². The van der Waals surface area contributed by atoms with Gasteiger partial charge in [0.1, 0.15) is 5.69 Å². The van der Waals surface area contributed by atoms with Crippen LogP contribution in [0.15, 0.2) is 20.4 Å². The van der Waals surface area contributed by atoms with Crippen molar-refractivity contribution in [1.82, 2.24) is 4.98 Å². The second-order valence-electron chi connectivity index (χ2n) is 3.73. The van der Waals surface area contributed by atoms with Crippen molar-refractivity contribution >= 4 is 60.8 Å². The number of aromatic nitrogens is 1. The molecular formula is C11H8Br2N2O3S. The first-order chi connectivity index (χ1) is 8.88. The van der Waals surface area contributed by atoms with Gasteiger partial charge in [-0.05, 0) is 50.9 Å². The highest BCUT2D eigenvalue weighted by Gasteiger charge is 2.18. The van der Waals surface area contributed by atoms with Gasteiger partial charge in [-0.2, -0.15) is 0 Å². The predicted molar refractivity (Wildman–Crippen MR) is 80.2 cm³/mol. The molecule has 100 valence electrons. The molecule has 2 aromatic heterocycles. The van der Waals surface area contributed by atoms with E-state index >= 15 is 0 Å². The number of aromatic amines is 1. The number of aryl methyl sites for hydroxylation is 1. The highest BCUT2D eigenvalue weighted by atomic mass is 79.9. The zero-order valence-electron chi connectivity index (χ0n) is 9.58. The molecule has 3 N–H and O–H groups in total. The number of amides is 1. The molecule has 0 fully saturated rings. The summed E-state index contributed by atoms with van der Waals surface area (Å²) in [4.78, 5) is 26.2. The van der Waals surface area contributed by atoms with Gasteiger partial charge in [0.25, 0.3) is 5.91 Å². The number of H-pyrrole nitrogens is 1. The summed E-state index contributed by atoms with van der Waals surface area (Å²) in [5.74, 6) is -1.46. The third kappa shape index (κ3) is 3.07. The number of rotatable bonds is 3. The van der Waals surface area contributed by atoms with Gasteiger partial charge in [0.15, 0.2) is 0 Å². The number of halogens is 2. The van der Waals surface area contributed by atoms with Crippen molar-refractivity contribution in [2.75, 3.05) is 5.32 Å². The topological polar surface area (TPSA) is 82.2 Å². The van der Waals surface area contributed by atoms with E-state index in [1.807, 2.05) is 0 Å². The van der Waals surface area contributed by atoms with Crippen LogP contribution in [0.4, 0.5) is 5.69 Å². The fraction of sp³-hybridized carbons (Fsp3) is 0.0909. The molecule has 0 saturated heterocycles. The van der Waals surface area contributed by atoms with Crippen molar-refractivity contribution in [1.29, 1.82) is 0 Å². The molecule has 0 aliphatic carbocycles. The van der Waals surface area contributed by atoms with Crippen LogP contribution in [0.5, 0.6) is 0 Å². The number of nitrogens with one attached hydrogen (secondary N) is 2. The Kier molecular flexibility index (Phi) is 4.12. The van der Waals surface area contributed by atoms with E-state index in [0.717, 1.165) is 8.26 Å². The SMILES string of the molecule is Cc1cc(NC(=O)c2cc(Br)c(Br)s2)c(C(=O)O)[nH]1. The zero-order valence-corrected chi connectivity index (χ0v) is 13.6. The van der Waals surface area contributed by atoms with E-state index in [0.29, 0.717) is 10.6 Å². The Balaban J connectivity index is 2.26. The van der Waals surface area contributed by atoms with E-state index in [2.05, 4.69) is 42.2 Å². The number of hydrogen-bond donors (Lipinski definition) is 3. The van der Waals surface area contributed by atoms with Gasteiger partial charge in [-0.3, -0.25) is 4.79 Å². The van der Waals surface area contributed by atoms with Crippen molar-refractivity contribution in [3.05, 3.63) is 36.7 Å². The van der Waals surface area contributed by atoms with Crippen molar-refractivity contribution in [2.45, 2.75) is 6.92 Å². The number of carboxylic acids is 1. The van der Waals surface area contributed by atoms with Gasteiger partial charge in [-0.1, -0.05) is 0 Å². The average Bonchev–Trinajstić information content (AvgIpc) is 2.83. The average molecular weight is 408 g/mol. The molecule has 1 amide bonds. The molecule has 0 aromatic carbocycles. The quantitative estimate of drug-likeness (QED) is 0.722. The summed E-state index contributed by atoms with van der Waals surface area (Å²) in [7, 11) is 0. The lowest BCUT2D eigenvalue weighted by atomic mass is 10.3. The molecule has 5 nitrogen and oxygen atoms in total. The minimum Gasteiger partial charge on any atom is -0.477 e. The van der Waals surface area contributed by atoms with E-state index in [9.17, 15) is 9.59 Å². The Morgan fingerprint density at radius 1 is 1.37 bits per heavy atom. The Morgan fingerprint density at radius 3 is 2.58 bits per heavy atom. The maximum absolute atomic E-state index is 12.0. The Bertz CT molecular complexity index is 643. The fourth-order valence-electron chi connectivity index (χ4n) is 1.50.